The summed E-state index contributed by atoms with van der Waals surface area (Å²) in [6, 6.07) is 41.9. The van der Waals surface area contributed by atoms with Gasteiger partial charge >= 0.3 is 0 Å². The zero-order chi connectivity index (χ0) is 25.5. The molecule has 0 atom stereocenters. The lowest BCUT2D eigenvalue weighted by Crippen LogP contribution is -2.06. The summed E-state index contributed by atoms with van der Waals surface area (Å²) in [6.07, 6.45) is 0. The van der Waals surface area contributed by atoms with Crippen molar-refractivity contribution in [2.75, 3.05) is 0 Å². The lowest BCUT2D eigenvalue weighted by Gasteiger charge is -2.11. The molecule has 0 saturated heterocycles. The number of aromatic nitrogens is 4. The number of nitrogens with zero attached hydrogens (tertiary/aromatic N) is 4. The van der Waals surface area contributed by atoms with Crippen LogP contribution in [0.1, 0.15) is 0 Å². The van der Waals surface area contributed by atoms with Crippen molar-refractivity contribution in [1.29, 1.82) is 0 Å². The molecule has 5 aromatic carbocycles. The lowest BCUT2D eigenvalue weighted by atomic mass is 10.2. The van der Waals surface area contributed by atoms with Crippen molar-refractivity contribution in [3.63, 3.8) is 0 Å². The second-order valence-electron chi connectivity index (χ2n) is 9.86. The SMILES string of the molecule is c1ccc2c(c1)oc1c(-n3c4ccccc4c4ccccc43)nc(-n3c4ccccc4c4ccccc43)nc12. The smallest absolute Gasteiger partial charge is 0.237 e. The Labute approximate surface area is 222 Å². The Bertz CT molecular complexity index is 2300. The summed E-state index contributed by atoms with van der Waals surface area (Å²) in [5, 5.41) is 5.67. The van der Waals surface area contributed by atoms with Gasteiger partial charge < -0.3 is 4.42 Å². The number of benzene rings is 5. The first-order valence-electron chi connectivity index (χ1n) is 13.0. The Kier molecular flexibility index (Phi) is 3.99. The normalized spacial score (nSPS) is 12.1. The first-order chi connectivity index (χ1) is 19.4. The van der Waals surface area contributed by atoms with Gasteiger partial charge in [0, 0.05) is 26.9 Å². The molecule has 4 aromatic heterocycles. The molecule has 9 aromatic rings. The van der Waals surface area contributed by atoms with E-state index in [4.69, 9.17) is 14.4 Å². The Hall–Kier alpha value is -5.42. The molecule has 0 unspecified atom stereocenters. The van der Waals surface area contributed by atoms with Crippen LogP contribution in [0, 0.1) is 0 Å². The van der Waals surface area contributed by atoms with Crippen LogP contribution in [0.3, 0.4) is 0 Å². The lowest BCUT2D eigenvalue weighted by molar-refractivity contribution is 0.661. The van der Waals surface area contributed by atoms with E-state index in [0.717, 1.165) is 44.4 Å². The third-order valence-corrected chi connectivity index (χ3v) is 7.76. The molecule has 182 valence electrons. The summed E-state index contributed by atoms with van der Waals surface area (Å²) in [7, 11) is 0. The van der Waals surface area contributed by atoms with Gasteiger partial charge in [0.25, 0.3) is 0 Å². The van der Waals surface area contributed by atoms with Crippen molar-refractivity contribution >= 4 is 65.7 Å². The summed E-state index contributed by atoms with van der Waals surface area (Å²) in [4.78, 5) is 10.5. The van der Waals surface area contributed by atoms with Gasteiger partial charge in [-0.1, -0.05) is 84.9 Å². The molecule has 0 amide bonds. The Morgan fingerprint density at radius 3 is 1.41 bits per heavy atom. The third-order valence-electron chi connectivity index (χ3n) is 7.76. The number of furan rings is 1. The van der Waals surface area contributed by atoms with Gasteiger partial charge in [-0.25, -0.2) is 4.98 Å². The minimum atomic E-state index is 0.614. The second kappa shape index (κ2) is 7.55. The van der Waals surface area contributed by atoms with Crippen LogP contribution < -0.4 is 0 Å². The molecule has 0 spiro atoms. The van der Waals surface area contributed by atoms with Crippen LogP contribution in [0.2, 0.25) is 0 Å². The third kappa shape index (κ3) is 2.73. The topological polar surface area (TPSA) is 48.8 Å². The molecule has 0 aliphatic carbocycles. The number of para-hydroxylation sites is 5. The molecule has 0 radical (unpaired) electrons. The van der Waals surface area contributed by atoms with Crippen LogP contribution in [-0.2, 0) is 0 Å². The van der Waals surface area contributed by atoms with E-state index in [1.807, 2.05) is 18.2 Å². The van der Waals surface area contributed by atoms with E-state index in [-0.39, 0.29) is 0 Å². The van der Waals surface area contributed by atoms with E-state index in [0.29, 0.717) is 11.5 Å². The molecule has 39 heavy (non-hydrogen) atoms. The Morgan fingerprint density at radius 2 is 0.872 bits per heavy atom. The second-order valence-corrected chi connectivity index (χ2v) is 9.86. The first kappa shape index (κ1) is 20.6. The molecule has 4 heterocycles. The highest BCUT2D eigenvalue weighted by molar-refractivity contribution is 6.12. The molecule has 0 N–H and O–H groups in total. The molecular formula is C34H20N4O. The number of hydrogen-bond acceptors (Lipinski definition) is 3. The zero-order valence-corrected chi connectivity index (χ0v) is 20.7. The van der Waals surface area contributed by atoms with Crippen molar-refractivity contribution in [1.82, 2.24) is 19.1 Å². The van der Waals surface area contributed by atoms with E-state index in [2.05, 4.69) is 112 Å². The van der Waals surface area contributed by atoms with Gasteiger partial charge in [0.05, 0.1) is 22.1 Å². The molecule has 5 nitrogen and oxygen atoms in total. The fraction of sp³-hybridized carbons (Fsp3) is 0. The molecule has 0 saturated carbocycles. The fourth-order valence-electron chi connectivity index (χ4n) is 6.11. The van der Waals surface area contributed by atoms with Gasteiger partial charge in [-0.2, -0.15) is 4.98 Å². The van der Waals surface area contributed by atoms with Crippen molar-refractivity contribution in [3.05, 3.63) is 121 Å². The Morgan fingerprint density at radius 1 is 0.436 bits per heavy atom. The molecule has 0 fully saturated rings. The van der Waals surface area contributed by atoms with E-state index < -0.39 is 0 Å². The molecule has 9 rings (SSSR count). The summed E-state index contributed by atoms with van der Waals surface area (Å²) in [5.41, 5.74) is 6.56. The summed E-state index contributed by atoms with van der Waals surface area (Å²) in [6.45, 7) is 0. The van der Waals surface area contributed by atoms with Crippen molar-refractivity contribution < 1.29 is 4.42 Å². The van der Waals surface area contributed by atoms with Gasteiger partial charge in [-0.05, 0) is 36.4 Å². The average Bonchev–Trinajstić information content (AvgIpc) is 3.65. The van der Waals surface area contributed by atoms with Crippen LogP contribution in [-0.4, -0.2) is 19.1 Å². The molecule has 0 aliphatic rings. The monoisotopic (exact) mass is 500 g/mol. The Balaban J connectivity index is 1.50. The highest BCUT2D eigenvalue weighted by atomic mass is 16.3. The van der Waals surface area contributed by atoms with Gasteiger partial charge in [-0.3, -0.25) is 9.13 Å². The summed E-state index contributed by atoms with van der Waals surface area (Å²) >= 11 is 0. The average molecular weight is 501 g/mol. The summed E-state index contributed by atoms with van der Waals surface area (Å²) in [5.74, 6) is 1.34. The van der Waals surface area contributed by atoms with Crippen LogP contribution in [0.15, 0.2) is 126 Å². The highest BCUT2D eigenvalue weighted by Gasteiger charge is 2.23. The quantitative estimate of drug-likeness (QED) is 0.239. The predicted molar refractivity (Wildman–Crippen MR) is 158 cm³/mol. The van der Waals surface area contributed by atoms with Crippen molar-refractivity contribution in [3.8, 4) is 11.8 Å². The van der Waals surface area contributed by atoms with E-state index in [1.165, 1.54) is 21.5 Å². The van der Waals surface area contributed by atoms with E-state index in [1.54, 1.807) is 0 Å². The minimum Gasteiger partial charge on any atom is -0.450 e. The van der Waals surface area contributed by atoms with Crippen molar-refractivity contribution in [2.24, 2.45) is 0 Å². The zero-order valence-electron chi connectivity index (χ0n) is 20.7. The predicted octanol–water partition coefficient (Wildman–Crippen LogP) is 8.57. The summed E-state index contributed by atoms with van der Waals surface area (Å²) < 4.78 is 10.9. The van der Waals surface area contributed by atoms with Crippen LogP contribution >= 0.6 is 0 Å². The molecule has 5 heteroatoms. The molecule has 0 aliphatic heterocycles. The van der Waals surface area contributed by atoms with Gasteiger partial charge in [0.2, 0.25) is 5.95 Å². The standard InChI is InChI=1S/C34H20N4O/c1-6-16-26-21(11-1)22-12-2-7-17-27(22)37(26)33-32-31(25-15-5-10-20-30(25)39-32)35-34(36-33)38-28-18-8-3-13-23(28)24-14-4-9-19-29(24)38/h1-20H. The van der Waals surface area contributed by atoms with Crippen LogP contribution in [0.25, 0.3) is 77.4 Å². The van der Waals surface area contributed by atoms with Gasteiger partial charge in [0.15, 0.2) is 11.4 Å². The highest BCUT2D eigenvalue weighted by Crippen LogP contribution is 2.38. The van der Waals surface area contributed by atoms with E-state index >= 15 is 0 Å². The fourth-order valence-corrected chi connectivity index (χ4v) is 6.11. The number of rotatable bonds is 2. The van der Waals surface area contributed by atoms with Crippen LogP contribution in [0.4, 0.5) is 0 Å². The maximum atomic E-state index is 6.50. The maximum absolute atomic E-state index is 6.50. The van der Waals surface area contributed by atoms with Gasteiger partial charge in [0.1, 0.15) is 11.1 Å². The van der Waals surface area contributed by atoms with E-state index in [9.17, 15) is 0 Å². The number of hydrogen-bond donors (Lipinski definition) is 0. The molecular weight excluding hydrogens is 480 g/mol. The molecule has 0 bridgehead atoms. The maximum Gasteiger partial charge on any atom is 0.237 e. The number of fused-ring (bicyclic) bond motifs is 9. The largest absolute Gasteiger partial charge is 0.450 e. The van der Waals surface area contributed by atoms with Crippen molar-refractivity contribution in [2.45, 2.75) is 0 Å². The minimum absolute atomic E-state index is 0.614. The first-order valence-corrected chi connectivity index (χ1v) is 13.0. The van der Waals surface area contributed by atoms with Crippen LogP contribution in [0.5, 0.6) is 0 Å². The van der Waals surface area contributed by atoms with Gasteiger partial charge in [-0.15, -0.1) is 0 Å².